The molecule has 5 nitrogen and oxygen atoms in total. The highest BCUT2D eigenvalue weighted by atomic mass is 35.5. The molecule has 1 N–H and O–H groups in total. The first-order valence-corrected chi connectivity index (χ1v) is 9.67. The van der Waals surface area contributed by atoms with Gasteiger partial charge in [-0.2, -0.15) is 0 Å². The van der Waals surface area contributed by atoms with E-state index in [1.807, 2.05) is 56.7 Å². The highest BCUT2D eigenvalue weighted by molar-refractivity contribution is 7.99. The van der Waals surface area contributed by atoms with Crippen LogP contribution < -0.4 is 5.32 Å². The minimum Gasteiger partial charge on any atom is -0.350 e. The third-order valence-electron chi connectivity index (χ3n) is 4.19. The van der Waals surface area contributed by atoms with Crippen LogP contribution in [-0.4, -0.2) is 44.5 Å². The molecule has 1 aliphatic heterocycles. The van der Waals surface area contributed by atoms with Crippen LogP contribution in [-0.2, 0) is 11.8 Å². The van der Waals surface area contributed by atoms with Crippen LogP contribution in [0.15, 0.2) is 24.3 Å². The van der Waals surface area contributed by atoms with Crippen molar-refractivity contribution in [2.45, 2.75) is 32.4 Å². The number of para-hydroxylation sites is 1. The molecule has 25 heavy (non-hydrogen) atoms. The molecule has 0 saturated carbocycles. The van der Waals surface area contributed by atoms with Crippen molar-refractivity contribution in [1.82, 2.24) is 14.8 Å². The Morgan fingerprint density at radius 2 is 1.96 bits per heavy atom. The number of amides is 2. The number of carbonyl (C=O) groups is 2. The number of hydrogen-bond acceptors (Lipinski definition) is 3. The number of nitrogens with one attached hydrogen (secondary N) is 1. The maximum atomic E-state index is 13.2. The van der Waals surface area contributed by atoms with Gasteiger partial charge in [0, 0.05) is 29.2 Å². The fourth-order valence-corrected chi connectivity index (χ4v) is 4.55. The molecule has 2 aromatic rings. The van der Waals surface area contributed by atoms with Gasteiger partial charge in [0.2, 0.25) is 5.91 Å². The smallest absolute Gasteiger partial charge is 0.273 e. The topological polar surface area (TPSA) is 54.3 Å². The molecule has 0 aliphatic carbocycles. The van der Waals surface area contributed by atoms with Gasteiger partial charge in [-0.25, -0.2) is 0 Å². The van der Waals surface area contributed by atoms with Gasteiger partial charge in [0.25, 0.3) is 5.91 Å². The van der Waals surface area contributed by atoms with Gasteiger partial charge in [-0.05, 0) is 26.8 Å². The van der Waals surface area contributed by atoms with Crippen LogP contribution in [0.4, 0.5) is 0 Å². The lowest BCUT2D eigenvalue weighted by molar-refractivity contribution is -0.125. The number of thioether (sulfide) groups is 1. The van der Waals surface area contributed by atoms with Crippen LogP contribution in [0.3, 0.4) is 0 Å². The van der Waals surface area contributed by atoms with Crippen LogP contribution in [0.1, 0.15) is 31.3 Å². The summed E-state index contributed by atoms with van der Waals surface area (Å²) in [6.45, 7) is 5.79. The zero-order valence-electron chi connectivity index (χ0n) is 14.8. The summed E-state index contributed by atoms with van der Waals surface area (Å²) in [5, 5.41) is 4.25. The van der Waals surface area contributed by atoms with E-state index in [0.717, 1.165) is 10.9 Å². The number of benzene rings is 1. The Hall–Kier alpha value is -1.66. The van der Waals surface area contributed by atoms with Crippen molar-refractivity contribution >= 4 is 46.1 Å². The zero-order valence-corrected chi connectivity index (χ0v) is 16.4. The first kappa shape index (κ1) is 18.1. The normalized spacial score (nSPS) is 18.0. The highest BCUT2D eigenvalue weighted by Crippen LogP contribution is 2.33. The molecule has 0 spiro atoms. The second kappa shape index (κ2) is 6.57. The van der Waals surface area contributed by atoms with E-state index in [4.69, 9.17) is 11.6 Å². The number of aromatic nitrogens is 1. The first-order chi connectivity index (χ1) is 11.7. The van der Waals surface area contributed by atoms with Gasteiger partial charge >= 0.3 is 0 Å². The van der Waals surface area contributed by atoms with Crippen molar-refractivity contribution in [2.24, 2.45) is 7.05 Å². The van der Waals surface area contributed by atoms with Crippen LogP contribution in [0.25, 0.3) is 10.9 Å². The molecule has 1 fully saturated rings. The van der Waals surface area contributed by atoms with E-state index in [1.165, 1.54) is 0 Å². The number of fused-ring (bicyclic) bond motifs is 1. The largest absolute Gasteiger partial charge is 0.350 e. The molecular formula is C18H22ClN3O2S. The van der Waals surface area contributed by atoms with Gasteiger partial charge in [-0.3, -0.25) is 9.59 Å². The van der Waals surface area contributed by atoms with Crippen molar-refractivity contribution in [3.8, 4) is 0 Å². The van der Waals surface area contributed by atoms with E-state index in [-0.39, 0.29) is 17.4 Å². The highest BCUT2D eigenvalue weighted by Gasteiger charge is 2.38. The number of hydrogen-bond donors (Lipinski definition) is 1. The Kier molecular flexibility index (Phi) is 4.77. The number of rotatable bonds is 2. The standard InChI is InChI=1S/C18H22ClN3O2S/c1-18(2,3)20-16(23)13-9-25-10-22(13)17(24)15-14(19)11-7-5-6-8-12(11)21(15)4/h5-8,13H,9-10H2,1-4H3,(H,20,23). The van der Waals surface area contributed by atoms with Crippen molar-refractivity contribution in [3.63, 3.8) is 0 Å². The van der Waals surface area contributed by atoms with Crippen molar-refractivity contribution in [3.05, 3.63) is 35.0 Å². The fraction of sp³-hybridized carbons (Fsp3) is 0.444. The summed E-state index contributed by atoms with van der Waals surface area (Å²) in [4.78, 5) is 27.4. The second-order valence-electron chi connectivity index (χ2n) is 7.27. The Morgan fingerprint density at radius 3 is 2.60 bits per heavy atom. The number of halogens is 1. The molecule has 2 amide bonds. The maximum absolute atomic E-state index is 13.2. The Labute approximate surface area is 156 Å². The van der Waals surface area contributed by atoms with E-state index in [2.05, 4.69) is 5.32 Å². The van der Waals surface area contributed by atoms with Crippen LogP contribution in [0, 0.1) is 0 Å². The molecule has 0 radical (unpaired) electrons. The summed E-state index contributed by atoms with van der Waals surface area (Å²) in [6.07, 6.45) is 0. The minimum absolute atomic E-state index is 0.124. The average molecular weight is 380 g/mol. The SMILES string of the molecule is Cn1c(C(=O)N2CSCC2C(=O)NC(C)(C)C)c(Cl)c2ccccc21. The van der Waals surface area contributed by atoms with E-state index < -0.39 is 6.04 Å². The molecule has 2 heterocycles. The molecule has 3 rings (SSSR count). The number of aryl methyl sites for hydroxylation is 1. The molecule has 0 bridgehead atoms. The minimum atomic E-state index is -0.481. The molecular weight excluding hydrogens is 358 g/mol. The summed E-state index contributed by atoms with van der Waals surface area (Å²) in [6, 6.07) is 7.16. The average Bonchev–Trinajstić information content (AvgIpc) is 3.10. The van der Waals surface area contributed by atoms with Crippen molar-refractivity contribution < 1.29 is 9.59 Å². The molecule has 1 aromatic heterocycles. The second-order valence-corrected chi connectivity index (χ2v) is 8.65. The quantitative estimate of drug-likeness (QED) is 0.871. The van der Waals surface area contributed by atoms with Gasteiger partial charge < -0.3 is 14.8 Å². The third kappa shape index (κ3) is 3.37. The summed E-state index contributed by atoms with van der Waals surface area (Å²) < 4.78 is 1.81. The Morgan fingerprint density at radius 1 is 1.28 bits per heavy atom. The van der Waals surface area contributed by atoms with E-state index >= 15 is 0 Å². The van der Waals surface area contributed by atoms with E-state index in [1.54, 1.807) is 16.7 Å². The van der Waals surface area contributed by atoms with Crippen LogP contribution >= 0.6 is 23.4 Å². The molecule has 134 valence electrons. The zero-order chi connectivity index (χ0) is 18.4. The van der Waals surface area contributed by atoms with E-state index in [9.17, 15) is 9.59 Å². The van der Waals surface area contributed by atoms with E-state index in [0.29, 0.717) is 22.3 Å². The fourth-order valence-electron chi connectivity index (χ4n) is 3.03. The molecule has 7 heteroatoms. The maximum Gasteiger partial charge on any atom is 0.273 e. The van der Waals surface area contributed by atoms with Gasteiger partial charge in [0.05, 0.1) is 10.9 Å². The third-order valence-corrected chi connectivity index (χ3v) is 5.59. The van der Waals surface area contributed by atoms with Crippen LogP contribution in [0.5, 0.6) is 0 Å². The summed E-state index contributed by atoms with van der Waals surface area (Å²) in [7, 11) is 1.83. The number of carbonyl (C=O) groups excluding carboxylic acids is 2. The van der Waals surface area contributed by atoms with Crippen LogP contribution in [0.2, 0.25) is 5.02 Å². The van der Waals surface area contributed by atoms with Gasteiger partial charge in [0.15, 0.2) is 0 Å². The molecule has 1 saturated heterocycles. The summed E-state index contributed by atoms with van der Waals surface area (Å²) in [5.41, 5.74) is 0.994. The van der Waals surface area contributed by atoms with Crippen molar-refractivity contribution in [2.75, 3.05) is 11.6 Å². The Balaban J connectivity index is 1.94. The Bertz CT molecular complexity index is 802. The lowest BCUT2D eigenvalue weighted by Crippen LogP contribution is -2.52. The number of nitrogens with zero attached hydrogens (tertiary/aromatic N) is 2. The monoisotopic (exact) mass is 379 g/mol. The predicted molar refractivity (Wildman–Crippen MR) is 103 cm³/mol. The molecule has 1 unspecified atom stereocenters. The van der Waals surface area contributed by atoms with Crippen molar-refractivity contribution in [1.29, 1.82) is 0 Å². The van der Waals surface area contributed by atoms with Gasteiger partial charge in [-0.15, -0.1) is 11.8 Å². The summed E-state index contributed by atoms with van der Waals surface area (Å²) >= 11 is 8.07. The van der Waals surface area contributed by atoms with Gasteiger partial charge in [-0.1, -0.05) is 29.8 Å². The molecule has 1 aliphatic rings. The lowest BCUT2D eigenvalue weighted by atomic mass is 10.1. The van der Waals surface area contributed by atoms with Gasteiger partial charge in [0.1, 0.15) is 11.7 Å². The lowest BCUT2D eigenvalue weighted by Gasteiger charge is -2.27. The summed E-state index contributed by atoms with van der Waals surface area (Å²) in [5.74, 6) is 0.747. The molecule has 1 aromatic carbocycles. The predicted octanol–water partition coefficient (Wildman–Crippen LogP) is 3.26. The first-order valence-electron chi connectivity index (χ1n) is 8.14. The molecule has 1 atom stereocenters.